The van der Waals surface area contributed by atoms with E-state index in [1.54, 1.807) is 13.8 Å². The molecule has 0 radical (unpaired) electrons. The lowest BCUT2D eigenvalue weighted by atomic mass is 9.88. The molecule has 7 heteroatoms. The number of hydrogen-bond acceptors (Lipinski definition) is 7. The van der Waals surface area contributed by atoms with Gasteiger partial charge in [0.1, 0.15) is 12.2 Å². The van der Waals surface area contributed by atoms with Crippen LogP contribution in [-0.2, 0) is 28.6 Å². The van der Waals surface area contributed by atoms with Gasteiger partial charge in [-0.25, -0.2) is 4.79 Å². The molecule has 6 atom stereocenters. The van der Waals surface area contributed by atoms with Crippen LogP contribution in [0, 0.1) is 23.2 Å². The minimum atomic E-state index is -1.01. The Morgan fingerprint density at radius 1 is 1.39 bits per heavy atom. The number of esters is 3. The minimum absolute atomic E-state index is 0.0346. The average molecular weight is 326 g/mol. The van der Waals surface area contributed by atoms with E-state index in [0.29, 0.717) is 12.8 Å². The van der Waals surface area contributed by atoms with Crippen LogP contribution in [0.1, 0.15) is 33.1 Å². The van der Waals surface area contributed by atoms with E-state index in [9.17, 15) is 19.5 Å². The summed E-state index contributed by atoms with van der Waals surface area (Å²) in [5.74, 6) is -1.18. The molecule has 1 heterocycles. The smallest absolute Gasteiger partial charge is 0.344 e. The predicted molar refractivity (Wildman–Crippen MR) is 75.9 cm³/mol. The third kappa shape index (κ3) is 2.60. The lowest BCUT2D eigenvalue weighted by molar-refractivity contribution is -0.174. The second-order valence-electron chi connectivity index (χ2n) is 7.01. The van der Waals surface area contributed by atoms with Gasteiger partial charge in [0.15, 0.2) is 6.61 Å². The first kappa shape index (κ1) is 16.2. The van der Waals surface area contributed by atoms with Crippen LogP contribution in [0.2, 0.25) is 0 Å². The maximum atomic E-state index is 11.9. The van der Waals surface area contributed by atoms with Crippen molar-refractivity contribution in [2.24, 2.45) is 23.2 Å². The molecule has 1 saturated heterocycles. The first-order valence-corrected chi connectivity index (χ1v) is 8.07. The van der Waals surface area contributed by atoms with E-state index >= 15 is 0 Å². The fraction of sp³-hybridized carbons (Fsp3) is 0.812. The zero-order valence-corrected chi connectivity index (χ0v) is 13.3. The van der Waals surface area contributed by atoms with Gasteiger partial charge in [-0.05, 0) is 26.2 Å². The summed E-state index contributed by atoms with van der Waals surface area (Å²) < 4.78 is 15.7. The van der Waals surface area contributed by atoms with Gasteiger partial charge in [0, 0.05) is 11.8 Å². The van der Waals surface area contributed by atoms with Crippen molar-refractivity contribution >= 4 is 17.9 Å². The van der Waals surface area contributed by atoms with Crippen LogP contribution in [0.4, 0.5) is 0 Å². The first-order chi connectivity index (χ1) is 10.9. The molecule has 3 fully saturated rings. The van der Waals surface area contributed by atoms with E-state index in [2.05, 4.69) is 0 Å². The lowest BCUT2D eigenvalue weighted by Crippen LogP contribution is -2.38. The van der Waals surface area contributed by atoms with Crippen molar-refractivity contribution in [2.45, 2.75) is 45.3 Å². The minimum Gasteiger partial charge on any atom is -0.458 e. The highest BCUT2D eigenvalue weighted by atomic mass is 16.6. The van der Waals surface area contributed by atoms with Crippen LogP contribution in [-0.4, -0.2) is 48.4 Å². The molecule has 2 bridgehead atoms. The van der Waals surface area contributed by atoms with Gasteiger partial charge < -0.3 is 19.3 Å². The van der Waals surface area contributed by atoms with Crippen molar-refractivity contribution in [1.29, 1.82) is 0 Å². The molecule has 128 valence electrons. The molecule has 0 spiro atoms. The highest BCUT2D eigenvalue weighted by molar-refractivity contribution is 5.80. The molecule has 7 nitrogen and oxygen atoms in total. The number of rotatable bonds is 6. The molecule has 0 amide bonds. The Morgan fingerprint density at radius 2 is 2.13 bits per heavy atom. The Balaban J connectivity index is 1.51. The maximum Gasteiger partial charge on any atom is 0.344 e. The third-order valence-electron chi connectivity index (χ3n) is 5.62. The fourth-order valence-electron chi connectivity index (χ4n) is 3.87. The van der Waals surface area contributed by atoms with E-state index in [1.807, 2.05) is 0 Å². The summed E-state index contributed by atoms with van der Waals surface area (Å²) in [6.45, 7) is 2.50. The van der Waals surface area contributed by atoms with E-state index < -0.39 is 30.1 Å². The standard InChI is InChI=1S/C16H22O7/c1-3-16(2,7-17)15(20)21-6-11(18)22-12-8-4-9-10(5-8)14(19)23-13(9)12/h8-10,12-13,17H,3-7H2,1-2H3/t8-,9?,10?,12?,13?,16?/m0/s1. The molecule has 5 unspecified atom stereocenters. The van der Waals surface area contributed by atoms with Crippen LogP contribution in [0.25, 0.3) is 0 Å². The number of carbonyl (C=O) groups excluding carboxylic acids is 3. The van der Waals surface area contributed by atoms with Crippen LogP contribution in [0.3, 0.4) is 0 Å². The summed E-state index contributed by atoms with van der Waals surface area (Å²) in [6, 6.07) is 0. The average Bonchev–Trinajstić information content (AvgIpc) is 3.16. The number of aliphatic hydroxyl groups excluding tert-OH is 1. The van der Waals surface area contributed by atoms with E-state index in [-0.39, 0.29) is 36.4 Å². The summed E-state index contributed by atoms with van der Waals surface area (Å²) >= 11 is 0. The summed E-state index contributed by atoms with van der Waals surface area (Å²) in [5, 5.41) is 9.25. The largest absolute Gasteiger partial charge is 0.458 e. The molecule has 0 aromatic heterocycles. The maximum absolute atomic E-state index is 11.9. The van der Waals surface area contributed by atoms with E-state index in [0.717, 1.165) is 6.42 Å². The molecule has 1 N–H and O–H groups in total. The summed E-state index contributed by atoms with van der Waals surface area (Å²) in [5.41, 5.74) is -1.01. The number of carbonyl (C=O) groups is 3. The van der Waals surface area contributed by atoms with Crippen LogP contribution >= 0.6 is 0 Å². The molecule has 3 rings (SSSR count). The summed E-state index contributed by atoms with van der Waals surface area (Å²) in [6.07, 6.45) is 1.19. The van der Waals surface area contributed by atoms with E-state index in [1.165, 1.54) is 0 Å². The Kier molecular flexibility index (Phi) is 4.08. The second-order valence-corrected chi connectivity index (χ2v) is 7.01. The highest BCUT2D eigenvalue weighted by Crippen LogP contribution is 2.55. The molecule has 0 aromatic carbocycles. The molecule has 23 heavy (non-hydrogen) atoms. The first-order valence-electron chi connectivity index (χ1n) is 8.07. The Labute approximate surface area is 134 Å². The van der Waals surface area contributed by atoms with Crippen molar-refractivity contribution in [3.63, 3.8) is 0 Å². The van der Waals surface area contributed by atoms with Crippen LogP contribution in [0.15, 0.2) is 0 Å². The molecule has 2 aliphatic carbocycles. The van der Waals surface area contributed by atoms with Crippen LogP contribution in [0.5, 0.6) is 0 Å². The molecule has 1 aliphatic heterocycles. The zero-order chi connectivity index (χ0) is 16.8. The quantitative estimate of drug-likeness (QED) is 0.558. The van der Waals surface area contributed by atoms with Gasteiger partial charge in [0.2, 0.25) is 0 Å². The zero-order valence-electron chi connectivity index (χ0n) is 13.3. The van der Waals surface area contributed by atoms with Gasteiger partial charge in [-0.1, -0.05) is 6.92 Å². The van der Waals surface area contributed by atoms with Gasteiger partial charge in [-0.2, -0.15) is 0 Å². The van der Waals surface area contributed by atoms with Crippen molar-refractivity contribution in [3.8, 4) is 0 Å². The Morgan fingerprint density at radius 3 is 2.78 bits per heavy atom. The SMILES string of the molecule is CCC(C)(CO)C(=O)OCC(=O)OC1C2OC(=O)C3C[C@@H]1CC32. The number of ether oxygens (including phenoxy) is 3. The second kappa shape index (κ2) is 5.78. The Hall–Kier alpha value is -1.63. The van der Waals surface area contributed by atoms with Crippen molar-refractivity contribution in [1.82, 2.24) is 0 Å². The van der Waals surface area contributed by atoms with E-state index in [4.69, 9.17) is 14.2 Å². The molecular weight excluding hydrogens is 304 g/mol. The lowest BCUT2D eigenvalue weighted by Gasteiger charge is -2.26. The number of hydrogen-bond donors (Lipinski definition) is 1. The third-order valence-corrected chi connectivity index (χ3v) is 5.62. The topological polar surface area (TPSA) is 99.1 Å². The van der Waals surface area contributed by atoms with Gasteiger partial charge in [-0.3, -0.25) is 9.59 Å². The monoisotopic (exact) mass is 326 g/mol. The van der Waals surface area contributed by atoms with Crippen molar-refractivity contribution in [3.05, 3.63) is 0 Å². The Bertz CT molecular complexity index is 525. The van der Waals surface area contributed by atoms with Crippen molar-refractivity contribution in [2.75, 3.05) is 13.2 Å². The number of fused-ring (bicyclic) bond motifs is 1. The fourth-order valence-corrected chi connectivity index (χ4v) is 3.87. The predicted octanol–water partition coefficient (Wildman–Crippen LogP) is 0.431. The molecular formula is C16H22O7. The van der Waals surface area contributed by atoms with Gasteiger partial charge in [0.05, 0.1) is 17.9 Å². The molecule has 0 aromatic rings. The van der Waals surface area contributed by atoms with Gasteiger partial charge in [-0.15, -0.1) is 0 Å². The van der Waals surface area contributed by atoms with Gasteiger partial charge >= 0.3 is 17.9 Å². The molecule has 3 aliphatic rings. The normalized spacial score (nSPS) is 36.5. The number of aliphatic hydroxyl groups is 1. The summed E-state index contributed by atoms with van der Waals surface area (Å²) in [7, 11) is 0. The summed E-state index contributed by atoms with van der Waals surface area (Å²) in [4.78, 5) is 35.5. The van der Waals surface area contributed by atoms with Crippen molar-refractivity contribution < 1.29 is 33.7 Å². The molecule has 2 saturated carbocycles. The van der Waals surface area contributed by atoms with Gasteiger partial charge in [0.25, 0.3) is 0 Å². The van der Waals surface area contributed by atoms with Crippen LogP contribution < -0.4 is 0 Å². The highest BCUT2D eigenvalue weighted by Gasteiger charge is 2.63.